The quantitative estimate of drug-likeness (QED) is 0.499. The maximum atomic E-state index is 11.1. The van der Waals surface area contributed by atoms with Gasteiger partial charge >= 0.3 is 5.97 Å². The highest BCUT2D eigenvalue weighted by molar-refractivity contribution is 6.30. The zero-order valence-electron chi connectivity index (χ0n) is 9.05. The number of carbonyl (C=O) groups is 1. The second kappa shape index (κ2) is 5.60. The van der Waals surface area contributed by atoms with E-state index in [0.717, 1.165) is 0 Å². The van der Waals surface area contributed by atoms with Crippen LogP contribution in [0.15, 0.2) is 18.2 Å². The third-order valence-corrected chi connectivity index (χ3v) is 2.42. The van der Waals surface area contributed by atoms with Crippen molar-refractivity contribution in [1.82, 2.24) is 0 Å². The van der Waals surface area contributed by atoms with Gasteiger partial charge in [0.05, 0.1) is 12.0 Å². The van der Waals surface area contributed by atoms with Crippen LogP contribution in [0.1, 0.15) is 5.56 Å². The lowest BCUT2D eigenvalue weighted by Crippen LogP contribution is -2.33. The van der Waals surface area contributed by atoms with Crippen LogP contribution in [-0.4, -0.2) is 24.0 Å². The highest BCUT2D eigenvalue weighted by Gasteiger charge is 2.20. The summed E-state index contributed by atoms with van der Waals surface area (Å²) in [6.45, 7) is 0. The molecule has 0 aliphatic heterocycles. The summed E-state index contributed by atoms with van der Waals surface area (Å²) in [6.07, 6.45) is 0.00352. The number of hydrogen-bond donors (Lipinski definition) is 1. The Morgan fingerprint density at radius 3 is 2.82 bits per heavy atom. The molecule has 1 atom stereocenters. The lowest BCUT2D eigenvalue weighted by molar-refractivity contribution is -0.385. The van der Waals surface area contributed by atoms with Crippen LogP contribution in [0, 0.1) is 10.1 Å². The van der Waals surface area contributed by atoms with Crippen LogP contribution in [-0.2, 0) is 16.0 Å². The van der Waals surface area contributed by atoms with Crippen molar-refractivity contribution in [2.24, 2.45) is 5.73 Å². The average molecular weight is 259 g/mol. The molecule has 0 saturated heterocycles. The minimum absolute atomic E-state index is 0.00352. The van der Waals surface area contributed by atoms with E-state index in [-0.39, 0.29) is 12.1 Å². The van der Waals surface area contributed by atoms with Crippen LogP contribution in [0.25, 0.3) is 0 Å². The molecular weight excluding hydrogens is 248 g/mol. The highest BCUT2D eigenvalue weighted by atomic mass is 35.5. The van der Waals surface area contributed by atoms with Gasteiger partial charge < -0.3 is 10.5 Å². The highest BCUT2D eigenvalue weighted by Crippen LogP contribution is 2.23. The molecule has 0 aliphatic carbocycles. The van der Waals surface area contributed by atoms with E-state index in [0.29, 0.717) is 10.6 Å². The molecule has 0 bridgehead atoms. The number of rotatable bonds is 4. The standard InChI is InChI=1S/C10H11ClN2O4/c1-17-10(14)8(12)5-6-4-7(11)2-3-9(6)13(15)16/h2-4,8H,5,12H2,1H3. The van der Waals surface area contributed by atoms with Crippen molar-refractivity contribution in [2.75, 3.05) is 7.11 Å². The summed E-state index contributed by atoms with van der Waals surface area (Å²) in [5.41, 5.74) is 5.73. The normalized spacial score (nSPS) is 11.9. The minimum Gasteiger partial charge on any atom is -0.468 e. The fourth-order valence-corrected chi connectivity index (χ4v) is 1.56. The Hall–Kier alpha value is -1.66. The van der Waals surface area contributed by atoms with Gasteiger partial charge in [-0.3, -0.25) is 14.9 Å². The molecular formula is C10H11ClN2O4. The molecule has 1 aromatic carbocycles. The first kappa shape index (κ1) is 13.4. The molecule has 1 rings (SSSR count). The van der Waals surface area contributed by atoms with Crippen LogP contribution in [0.3, 0.4) is 0 Å². The van der Waals surface area contributed by atoms with Gasteiger partial charge in [0, 0.05) is 23.1 Å². The van der Waals surface area contributed by atoms with E-state index in [1.165, 1.54) is 25.3 Å². The van der Waals surface area contributed by atoms with Crippen molar-refractivity contribution in [3.05, 3.63) is 38.9 Å². The Bertz CT molecular complexity index is 450. The van der Waals surface area contributed by atoms with Crippen LogP contribution in [0.4, 0.5) is 5.69 Å². The monoisotopic (exact) mass is 258 g/mol. The molecule has 17 heavy (non-hydrogen) atoms. The third kappa shape index (κ3) is 3.40. The van der Waals surface area contributed by atoms with Gasteiger partial charge in [-0.15, -0.1) is 0 Å². The van der Waals surface area contributed by atoms with Crippen molar-refractivity contribution in [2.45, 2.75) is 12.5 Å². The predicted octanol–water partition coefficient (Wildman–Crippen LogP) is 1.29. The summed E-state index contributed by atoms with van der Waals surface area (Å²) in [4.78, 5) is 21.3. The van der Waals surface area contributed by atoms with E-state index >= 15 is 0 Å². The first-order chi connectivity index (χ1) is 7.95. The fraction of sp³-hybridized carbons (Fsp3) is 0.300. The number of benzene rings is 1. The molecule has 1 aromatic rings. The molecule has 0 fully saturated rings. The van der Waals surface area contributed by atoms with Crippen molar-refractivity contribution in [1.29, 1.82) is 0 Å². The maximum absolute atomic E-state index is 11.1. The number of esters is 1. The fourth-order valence-electron chi connectivity index (χ4n) is 1.37. The number of nitrogens with two attached hydrogens (primary N) is 1. The molecule has 0 heterocycles. The Kier molecular flexibility index (Phi) is 4.42. The van der Waals surface area contributed by atoms with E-state index in [4.69, 9.17) is 17.3 Å². The topological polar surface area (TPSA) is 95.5 Å². The van der Waals surface area contributed by atoms with E-state index in [9.17, 15) is 14.9 Å². The average Bonchev–Trinajstić information content (AvgIpc) is 2.27. The van der Waals surface area contributed by atoms with E-state index in [2.05, 4.69) is 4.74 Å². The number of nitro benzene ring substituents is 1. The third-order valence-electron chi connectivity index (χ3n) is 2.18. The van der Waals surface area contributed by atoms with Crippen molar-refractivity contribution in [3.8, 4) is 0 Å². The first-order valence-electron chi connectivity index (χ1n) is 4.72. The number of nitrogens with zero attached hydrogens (tertiary/aromatic N) is 1. The van der Waals surface area contributed by atoms with Crippen LogP contribution in [0.2, 0.25) is 5.02 Å². The number of methoxy groups -OCH3 is 1. The summed E-state index contributed by atoms with van der Waals surface area (Å²) in [5, 5.41) is 11.1. The zero-order chi connectivity index (χ0) is 13.0. The first-order valence-corrected chi connectivity index (χ1v) is 5.09. The number of nitro groups is 1. The largest absolute Gasteiger partial charge is 0.468 e. The van der Waals surface area contributed by atoms with Gasteiger partial charge in [0.15, 0.2) is 0 Å². The van der Waals surface area contributed by atoms with Crippen LogP contribution < -0.4 is 5.73 Å². The maximum Gasteiger partial charge on any atom is 0.322 e. The summed E-state index contributed by atoms with van der Waals surface area (Å²) < 4.78 is 4.45. The minimum atomic E-state index is -0.947. The van der Waals surface area contributed by atoms with E-state index < -0.39 is 16.9 Å². The second-order valence-electron chi connectivity index (χ2n) is 3.36. The van der Waals surface area contributed by atoms with Gasteiger partial charge in [-0.05, 0) is 12.1 Å². The molecule has 2 N–H and O–H groups in total. The number of hydrogen-bond acceptors (Lipinski definition) is 5. The van der Waals surface area contributed by atoms with Crippen LogP contribution >= 0.6 is 11.6 Å². The Labute approximate surface area is 102 Å². The van der Waals surface area contributed by atoms with Crippen molar-refractivity contribution in [3.63, 3.8) is 0 Å². The molecule has 0 radical (unpaired) electrons. The molecule has 0 saturated carbocycles. The smallest absolute Gasteiger partial charge is 0.322 e. The Morgan fingerprint density at radius 2 is 2.29 bits per heavy atom. The van der Waals surface area contributed by atoms with Crippen molar-refractivity contribution < 1.29 is 14.5 Å². The van der Waals surface area contributed by atoms with Gasteiger partial charge in [-0.1, -0.05) is 11.6 Å². The zero-order valence-corrected chi connectivity index (χ0v) is 9.81. The SMILES string of the molecule is COC(=O)C(N)Cc1cc(Cl)ccc1[N+](=O)[O-]. The molecule has 0 amide bonds. The Balaban J connectivity index is 3.00. The summed E-state index contributed by atoms with van der Waals surface area (Å²) in [5.74, 6) is -0.626. The van der Waals surface area contributed by atoms with Gasteiger partial charge in [0.1, 0.15) is 6.04 Å². The number of halogens is 1. The predicted molar refractivity (Wildman–Crippen MR) is 61.8 cm³/mol. The van der Waals surface area contributed by atoms with Gasteiger partial charge in [-0.2, -0.15) is 0 Å². The molecule has 92 valence electrons. The molecule has 6 nitrogen and oxygen atoms in total. The Morgan fingerprint density at radius 1 is 1.65 bits per heavy atom. The summed E-state index contributed by atoms with van der Waals surface area (Å²) in [6, 6.07) is 3.16. The van der Waals surface area contributed by atoms with Gasteiger partial charge in [-0.25, -0.2) is 0 Å². The number of ether oxygens (including phenoxy) is 1. The second-order valence-corrected chi connectivity index (χ2v) is 3.80. The van der Waals surface area contributed by atoms with Crippen LogP contribution in [0.5, 0.6) is 0 Å². The lowest BCUT2D eigenvalue weighted by Gasteiger charge is -2.09. The van der Waals surface area contributed by atoms with Gasteiger partial charge in [0.25, 0.3) is 5.69 Å². The van der Waals surface area contributed by atoms with E-state index in [1.54, 1.807) is 0 Å². The lowest BCUT2D eigenvalue weighted by atomic mass is 10.0. The summed E-state index contributed by atoms with van der Waals surface area (Å²) >= 11 is 5.74. The molecule has 0 spiro atoms. The molecule has 0 aromatic heterocycles. The number of carbonyl (C=O) groups excluding carboxylic acids is 1. The van der Waals surface area contributed by atoms with Crippen molar-refractivity contribution >= 4 is 23.3 Å². The molecule has 7 heteroatoms. The van der Waals surface area contributed by atoms with Gasteiger partial charge in [0.2, 0.25) is 0 Å². The molecule has 0 aliphatic rings. The summed E-state index contributed by atoms with van der Waals surface area (Å²) in [7, 11) is 1.20. The molecule has 1 unspecified atom stereocenters. The van der Waals surface area contributed by atoms with E-state index in [1.807, 2.05) is 0 Å².